The number of nitrogens with zero attached hydrogens (tertiary/aromatic N) is 1. The van der Waals surface area contributed by atoms with Crippen LogP contribution in [0, 0.1) is 10.8 Å². The number of rotatable bonds is 3. The number of ether oxygens (including phenoxy) is 1. The molecule has 0 N–H and O–H groups in total. The van der Waals surface area contributed by atoms with E-state index >= 15 is 0 Å². The van der Waals surface area contributed by atoms with Crippen LogP contribution in [0.5, 0.6) is 0 Å². The molecule has 0 bridgehead atoms. The average molecular weight is 229 g/mol. The van der Waals surface area contributed by atoms with Crippen LogP contribution < -0.4 is 0 Å². The van der Waals surface area contributed by atoms with E-state index in [0.717, 1.165) is 0 Å². The van der Waals surface area contributed by atoms with Crippen molar-refractivity contribution in [3.8, 4) is 0 Å². The molecule has 0 aliphatic carbocycles. The quantitative estimate of drug-likeness (QED) is 0.546. The molecule has 0 aromatic rings. The van der Waals surface area contributed by atoms with Crippen molar-refractivity contribution in [1.29, 1.82) is 0 Å². The molecular formula is C12H23NO3. The first-order valence-electron chi connectivity index (χ1n) is 5.36. The fourth-order valence-electron chi connectivity index (χ4n) is 1.60. The van der Waals surface area contributed by atoms with Crippen LogP contribution >= 0.6 is 0 Å². The fourth-order valence-corrected chi connectivity index (χ4v) is 1.60. The normalized spacial score (nSPS) is 12.2. The van der Waals surface area contributed by atoms with Gasteiger partial charge in [0.2, 0.25) is 5.91 Å². The summed E-state index contributed by atoms with van der Waals surface area (Å²) in [7, 11) is 3.00. The Balaban J connectivity index is 4.73. The molecule has 0 radical (unpaired) electrons. The molecule has 0 saturated carbocycles. The van der Waals surface area contributed by atoms with Gasteiger partial charge in [0, 0.05) is 13.6 Å². The minimum Gasteiger partial charge on any atom is -0.468 e. The predicted octanol–water partition coefficient (Wildman–Crippen LogP) is 1.69. The molecule has 0 aliphatic heterocycles. The summed E-state index contributed by atoms with van der Waals surface area (Å²) >= 11 is 0. The van der Waals surface area contributed by atoms with Crippen LogP contribution in [-0.4, -0.2) is 37.5 Å². The summed E-state index contributed by atoms with van der Waals surface area (Å²) in [5.74, 6) is -0.715. The number of amides is 1. The van der Waals surface area contributed by atoms with E-state index in [4.69, 9.17) is 0 Å². The Labute approximate surface area is 98.0 Å². The molecule has 0 heterocycles. The van der Waals surface area contributed by atoms with Crippen molar-refractivity contribution < 1.29 is 14.3 Å². The van der Waals surface area contributed by atoms with Gasteiger partial charge in [-0.1, -0.05) is 20.8 Å². The average Bonchev–Trinajstić information content (AvgIpc) is 2.12. The third kappa shape index (κ3) is 3.83. The molecule has 1 amide bonds. The predicted molar refractivity (Wildman–Crippen MR) is 62.9 cm³/mol. The maximum Gasteiger partial charge on any atom is 0.320 e. The van der Waals surface area contributed by atoms with Crippen molar-refractivity contribution in [3.05, 3.63) is 0 Å². The highest BCUT2D eigenvalue weighted by molar-refractivity contribution is 6.01. The van der Waals surface area contributed by atoms with Gasteiger partial charge >= 0.3 is 5.97 Å². The highest BCUT2D eigenvalue weighted by atomic mass is 16.5. The van der Waals surface area contributed by atoms with Gasteiger partial charge in [0.1, 0.15) is 5.41 Å². The van der Waals surface area contributed by atoms with Crippen molar-refractivity contribution in [2.45, 2.75) is 34.6 Å². The van der Waals surface area contributed by atoms with E-state index in [0.29, 0.717) is 6.54 Å². The Hall–Kier alpha value is -1.06. The van der Waals surface area contributed by atoms with Crippen LogP contribution in [0.15, 0.2) is 0 Å². The fraction of sp³-hybridized carbons (Fsp3) is 0.833. The van der Waals surface area contributed by atoms with Crippen LogP contribution in [0.3, 0.4) is 0 Å². The molecule has 0 unspecified atom stereocenters. The van der Waals surface area contributed by atoms with E-state index in [1.165, 1.54) is 7.11 Å². The van der Waals surface area contributed by atoms with Crippen LogP contribution in [0.1, 0.15) is 34.6 Å². The first-order chi connectivity index (χ1) is 7.02. The van der Waals surface area contributed by atoms with E-state index in [2.05, 4.69) is 4.74 Å². The summed E-state index contributed by atoms with van der Waals surface area (Å²) in [5.41, 5.74) is -1.11. The smallest absolute Gasteiger partial charge is 0.320 e. The molecule has 0 saturated heterocycles. The first-order valence-corrected chi connectivity index (χ1v) is 5.36. The maximum absolute atomic E-state index is 12.1. The van der Waals surface area contributed by atoms with Gasteiger partial charge in [-0.2, -0.15) is 0 Å². The molecule has 0 spiro atoms. The van der Waals surface area contributed by atoms with Crippen molar-refractivity contribution in [2.75, 3.05) is 20.7 Å². The maximum atomic E-state index is 12.1. The largest absolute Gasteiger partial charge is 0.468 e. The summed E-state index contributed by atoms with van der Waals surface area (Å²) < 4.78 is 4.63. The number of carbonyl (C=O) groups excluding carboxylic acids is 2. The molecule has 0 atom stereocenters. The summed E-state index contributed by atoms with van der Waals surface area (Å²) in [6.45, 7) is 9.90. The zero-order valence-corrected chi connectivity index (χ0v) is 11.4. The van der Waals surface area contributed by atoms with Crippen molar-refractivity contribution in [2.24, 2.45) is 10.8 Å². The first kappa shape index (κ1) is 14.9. The number of esters is 1. The van der Waals surface area contributed by atoms with Crippen LogP contribution in [0.2, 0.25) is 0 Å². The molecule has 0 aliphatic rings. The molecule has 94 valence electrons. The molecular weight excluding hydrogens is 206 g/mol. The van der Waals surface area contributed by atoms with Gasteiger partial charge in [-0.3, -0.25) is 9.59 Å². The van der Waals surface area contributed by atoms with Gasteiger partial charge in [-0.25, -0.2) is 0 Å². The Kier molecular flexibility index (Phi) is 4.53. The van der Waals surface area contributed by atoms with Crippen LogP contribution in [0.4, 0.5) is 0 Å². The van der Waals surface area contributed by atoms with Gasteiger partial charge in [-0.15, -0.1) is 0 Å². The van der Waals surface area contributed by atoms with E-state index in [9.17, 15) is 9.59 Å². The minimum atomic E-state index is -1.12. The Morgan fingerprint density at radius 1 is 1.12 bits per heavy atom. The van der Waals surface area contributed by atoms with Gasteiger partial charge in [0.25, 0.3) is 0 Å². The van der Waals surface area contributed by atoms with E-state index in [1.807, 2.05) is 20.8 Å². The molecule has 16 heavy (non-hydrogen) atoms. The lowest BCUT2D eigenvalue weighted by molar-refractivity contribution is -0.160. The van der Waals surface area contributed by atoms with Crippen LogP contribution in [-0.2, 0) is 14.3 Å². The summed E-state index contributed by atoms with van der Waals surface area (Å²) in [6.07, 6.45) is 0. The molecule has 0 aromatic heterocycles. The third-order valence-corrected chi connectivity index (χ3v) is 2.29. The zero-order valence-electron chi connectivity index (χ0n) is 11.4. The third-order valence-electron chi connectivity index (χ3n) is 2.29. The highest BCUT2D eigenvalue weighted by Gasteiger charge is 2.39. The van der Waals surface area contributed by atoms with Gasteiger partial charge in [-0.05, 0) is 19.3 Å². The topological polar surface area (TPSA) is 46.6 Å². The molecule has 0 aromatic carbocycles. The highest BCUT2D eigenvalue weighted by Crippen LogP contribution is 2.23. The number of hydrogen-bond acceptors (Lipinski definition) is 3. The lowest BCUT2D eigenvalue weighted by atomic mass is 9.90. The Morgan fingerprint density at radius 2 is 1.56 bits per heavy atom. The number of hydrogen-bond donors (Lipinski definition) is 0. The summed E-state index contributed by atoms with van der Waals surface area (Å²) in [4.78, 5) is 25.1. The number of carbonyl (C=O) groups is 2. The molecule has 0 rings (SSSR count). The number of methoxy groups -OCH3 is 1. The second kappa shape index (κ2) is 4.85. The van der Waals surface area contributed by atoms with E-state index < -0.39 is 11.4 Å². The van der Waals surface area contributed by atoms with Crippen molar-refractivity contribution >= 4 is 11.9 Å². The molecule has 0 fully saturated rings. The second-order valence-corrected chi connectivity index (χ2v) is 5.84. The van der Waals surface area contributed by atoms with Gasteiger partial charge in [0.15, 0.2) is 0 Å². The standard InChI is InChI=1S/C12H23NO3/c1-11(2,3)8-13(6)9(14)12(4,5)10(15)16-7/h8H2,1-7H3. The van der Waals surface area contributed by atoms with Gasteiger partial charge < -0.3 is 9.64 Å². The monoisotopic (exact) mass is 229 g/mol. The second-order valence-electron chi connectivity index (χ2n) is 5.84. The van der Waals surface area contributed by atoms with Gasteiger partial charge in [0.05, 0.1) is 7.11 Å². The molecule has 4 nitrogen and oxygen atoms in total. The zero-order chi connectivity index (χ0) is 13.1. The van der Waals surface area contributed by atoms with Crippen molar-refractivity contribution in [3.63, 3.8) is 0 Å². The minimum absolute atomic E-state index is 0.0105. The lowest BCUT2D eigenvalue weighted by Gasteiger charge is -2.31. The SMILES string of the molecule is COC(=O)C(C)(C)C(=O)N(C)CC(C)(C)C. The van der Waals surface area contributed by atoms with E-state index in [-0.39, 0.29) is 11.3 Å². The Bertz CT molecular complexity index is 276. The summed E-state index contributed by atoms with van der Waals surface area (Å²) in [5, 5.41) is 0. The van der Waals surface area contributed by atoms with Crippen molar-refractivity contribution in [1.82, 2.24) is 4.90 Å². The van der Waals surface area contributed by atoms with Crippen LogP contribution in [0.25, 0.3) is 0 Å². The Morgan fingerprint density at radius 3 is 1.88 bits per heavy atom. The lowest BCUT2D eigenvalue weighted by Crippen LogP contribution is -2.46. The summed E-state index contributed by atoms with van der Waals surface area (Å²) in [6, 6.07) is 0. The van der Waals surface area contributed by atoms with E-state index in [1.54, 1.807) is 25.8 Å². The molecule has 4 heteroatoms.